The first-order chi connectivity index (χ1) is 17.8. The van der Waals surface area contributed by atoms with E-state index in [1.807, 2.05) is 29.3 Å². The van der Waals surface area contributed by atoms with Crippen LogP contribution in [0.2, 0.25) is 5.02 Å². The van der Waals surface area contributed by atoms with Crippen molar-refractivity contribution in [2.75, 3.05) is 13.7 Å². The quantitative estimate of drug-likeness (QED) is 0.369. The maximum Gasteiger partial charge on any atom is 0.340 e. The van der Waals surface area contributed by atoms with E-state index in [-0.39, 0.29) is 17.9 Å². The summed E-state index contributed by atoms with van der Waals surface area (Å²) >= 11 is 13.4. The summed E-state index contributed by atoms with van der Waals surface area (Å²) in [5.41, 5.74) is 1.52. The zero-order valence-electron chi connectivity index (χ0n) is 20.7. The number of aliphatic imine (C=N–C) groups is 1. The molecule has 2 saturated heterocycles. The number of piperidine rings is 1. The molecule has 0 amide bonds. The molecule has 194 valence electrons. The van der Waals surface area contributed by atoms with Gasteiger partial charge in [0.2, 0.25) is 6.29 Å². The number of hydrogen-bond donors (Lipinski definition) is 0. The smallest absolute Gasteiger partial charge is 0.340 e. The Hall–Kier alpha value is -2.45. The number of esters is 2. The molecule has 37 heavy (non-hydrogen) atoms. The van der Waals surface area contributed by atoms with Gasteiger partial charge in [-0.2, -0.15) is 5.06 Å². The standard InChI is InChI=1S/C28H28Cl2N2O5/c1-3-26-12-7-13-32-24(26)27(15-21(37-32)36-22(33)17-8-6-9-18(29)14-17)19-10-4-5-11-20(19)31-23(27)28(30,16-26)25(34)35-2/h4-6,8-11,14,21,24H,3,7,12-13,15-16H2,1-2H3/t21?,24-,26-,27-,28+/m0/s1. The maximum absolute atomic E-state index is 13.4. The number of hydrogen-bond acceptors (Lipinski definition) is 7. The summed E-state index contributed by atoms with van der Waals surface area (Å²) in [7, 11) is 1.36. The van der Waals surface area contributed by atoms with Crippen LogP contribution in [0.1, 0.15) is 54.9 Å². The number of nitrogens with zero attached hydrogens (tertiary/aromatic N) is 2. The highest BCUT2D eigenvalue weighted by molar-refractivity contribution is 6.49. The van der Waals surface area contributed by atoms with Crippen LogP contribution in [-0.2, 0) is 24.5 Å². The van der Waals surface area contributed by atoms with Crippen molar-refractivity contribution < 1.29 is 23.9 Å². The number of para-hydroxylation sites is 1. The number of halogens is 2. The minimum absolute atomic E-state index is 0.126. The topological polar surface area (TPSA) is 77.4 Å². The molecule has 1 spiro atoms. The fourth-order valence-electron chi connectivity index (χ4n) is 7.27. The zero-order chi connectivity index (χ0) is 26.0. The molecule has 6 rings (SSSR count). The lowest BCUT2D eigenvalue weighted by molar-refractivity contribution is -0.345. The number of carbonyl (C=O) groups is 2. The Labute approximate surface area is 225 Å². The summed E-state index contributed by atoms with van der Waals surface area (Å²) in [6.45, 7) is 2.81. The number of alkyl halides is 1. The second-order valence-electron chi connectivity index (χ2n) is 10.4. The second-order valence-corrected chi connectivity index (χ2v) is 11.5. The Morgan fingerprint density at radius 3 is 2.78 bits per heavy atom. The van der Waals surface area contributed by atoms with Crippen LogP contribution in [0, 0.1) is 5.41 Å². The Balaban J connectivity index is 1.50. The van der Waals surface area contributed by atoms with Gasteiger partial charge in [-0.3, -0.25) is 9.83 Å². The molecule has 3 aliphatic heterocycles. The Morgan fingerprint density at radius 1 is 1.22 bits per heavy atom. The lowest BCUT2D eigenvalue weighted by Gasteiger charge is -2.64. The van der Waals surface area contributed by atoms with E-state index in [9.17, 15) is 9.59 Å². The molecule has 1 aliphatic carbocycles. The van der Waals surface area contributed by atoms with E-state index in [1.54, 1.807) is 24.3 Å². The third kappa shape index (κ3) is 3.51. The minimum Gasteiger partial charge on any atom is -0.467 e. The molecule has 7 nitrogen and oxygen atoms in total. The van der Waals surface area contributed by atoms with Gasteiger partial charge in [-0.15, -0.1) is 0 Å². The van der Waals surface area contributed by atoms with Crippen LogP contribution in [0.25, 0.3) is 0 Å². The Kier molecular flexibility index (Phi) is 5.91. The molecule has 0 N–H and O–H groups in total. The van der Waals surface area contributed by atoms with Crippen molar-refractivity contribution in [1.29, 1.82) is 0 Å². The van der Waals surface area contributed by atoms with Gasteiger partial charge >= 0.3 is 11.9 Å². The first-order valence-corrected chi connectivity index (χ1v) is 13.4. The average Bonchev–Trinajstić information content (AvgIpc) is 3.23. The minimum atomic E-state index is -1.44. The third-order valence-corrected chi connectivity index (χ3v) is 9.35. The SMILES string of the molecule is CC[C@]12CCCN3OC(OC(=O)c4cccc(Cl)c4)C[C@]4(C(=Nc5ccccc54)[C@@](Cl)(C(=O)OC)C1)[C@@H]32. The number of fused-ring (bicyclic) bond motifs is 1. The molecule has 2 aromatic carbocycles. The lowest BCUT2D eigenvalue weighted by Crippen LogP contribution is -2.76. The zero-order valence-corrected chi connectivity index (χ0v) is 22.2. The summed E-state index contributed by atoms with van der Waals surface area (Å²) in [5.74, 6) is -1.05. The van der Waals surface area contributed by atoms with Crippen LogP contribution in [0.5, 0.6) is 0 Å². The molecule has 1 saturated carbocycles. The van der Waals surface area contributed by atoms with E-state index in [4.69, 9.17) is 42.5 Å². The molecule has 4 aliphatic rings. The highest BCUT2D eigenvalue weighted by atomic mass is 35.5. The van der Waals surface area contributed by atoms with Gasteiger partial charge in [0.15, 0.2) is 4.87 Å². The predicted octanol–water partition coefficient (Wildman–Crippen LogP) is 5.60. The van der Waals surface area contributed by atoms with Gasteiger partial charge in [0.1, 0.15) is 0 Å². The number of rotatable bonds is 4. The number of ether oxygens (including phenoxy) is 2. The highest BCUT2D eigenvalue weighted by Crippen LogP contribution is 2.65. The monoisotopic (exact) mass is 542 g/mol. The van der Waals surface area contributed by atoms with E-state index in [1.165, 1.54) is 7.11 Å². The number of hydroxylamine groups is 2. The fraction of sp³-hybridized carbons (Fsp3) is 0.464. The third-order valence-electron chi connectivity index (χ3n) is 8.65. The second kappa shape index (κ2) is 8.80. The Bertz CT molecular complexity index is 1320. The van der Waals surface area contributed by atoms with Gasteiger partial charge in [0.05, 0.1) is 35.5 Å². The normalized spacial score (nSPS) is 34.0. The van der Waals surface area contributed by atoms with Crippen molar-refractivity contribution in [3.05, 3.63) is 64.7 Å². The first kappa shape index (κ1) is 24.9. The van der Waals surface area contributed by atoms with Gasteiger partial charge in [0.25, 0.3) is 0 Å². The van der Waals surface area contributed by atoms with Gasteiger partial charge in [-0.1, -0.05) is 54.4 Å². The van der Waals surface area contributed by atoms with E-state index >= 15 is 0 Å². The van der Waals surface area contributed by atoms with Crippen molar-refractivity contribution in [3.63, 3.8) is 0 Å². The predicted molar refractivity (Wildman–Crippen MR) is 139 cm³/mol. The molecule has 0 aromatic heterocycles. The van der Waals surface area contributed by atoms with Crippen molar-refractivity contribution in [1.82, 2.24) is 5.06 Å². The van der Waals surface area contributed by atoms with Crippen LogP contribution in [0.3, 0.4) is 0 Å². The Morgan fingerprint density at radius 2 is 2.03 bits per heavy atom. The van der Waals surface area contributed by atoms with Crippen LogP contribution in [0.15, 0.2) is 53.5 Å². The van der Waals surface area contributed by atoms with E-state index in [2.05, 4.69) is 6.92 Å². The molecule has 5 atom stereocenters. The van der Waals surface area contributed by atoms with Gasteiger partial charge < -0.3 is 9.47 Å². The molecule has 0 radical (unpaired) electrons. The maximum atomic E-state index is 13.4. The average molecular weight is 543 g/mol. The molecule has 9 heteroatoms. The van der Waals surface area contributed by atoms with Gasteiger partial charge in [-0.05, 0) is 60.9 Å². The largest absolute Gasteiger partial charge is 0.467 e. The molecular formula is C28H28Cl2N2O5. The van der Waals surface area contributed by atoms with Crippen LogP contribution in [-0.4, -0.2) is 53.6 Å². The molecule has 2 aromatic rings. The summed E-state index contributed by atoms with van der Waals surface area (Å²) < 4.78 is 11.2. The fourth-order valence-corrected chi connectivity index (χ4v) is 8.01. The number of benzene rings is 2. The number of carbonyl (C=O) groups excluding carboxylic acids is 2. The van der Waals surface area contributed by atoms with Crippen LogP contribution < -0.4 is 0 Å². The molecule has 3 heterocycles. The molecule has 0 bridgehead atoms. The summed E-state index contributed by atoms with van der Waals surface area (Å²) in [5, 5.41) is 2.41. The first-order valence-electron chi connectivity index (χ1n) is 12.6. The van der Waals surface area contributed by atoms with Gasteiger partial charge in [0, 0.05) is 18.0 Å². The number of methoxy groups -OCH3 is 1. The summed E-state index contributed by atoms with van der Waals surface area (Å²) in [6.07, 6.45) is 2.32. The lowest BCUT2D eigenvalue weighted by atomic mass is 9.48. The van der Waals surface area contributed by atoms with Crippen molar-refractivity contribution in [2.45, 2.75) is 61.6 Å². The highest BCUT2D eigenvalue weighted by Gasteiger charge is 2.73. The van der Waals surface area contributed by atoms with E-state index in [0.29, 0.717) is 29.3 Å². The van der Waals surface area contributed by atoms with Crippen molar-refractivity contribution >= 4 is 46.5 Å². The van der Waals surface area contributed by atoms with Crippen LogP contribution in [0.4, 0.5) is 5.69 Å². The van der Waals surface area contributed by atoms with E-state index < -0.39 is 28.5 Å². The summed E-state index contributed by atoms with van der Waals surface area (Å²) in [4.78, 5) is 36.4. The van der Waals surface area contributed by atoms with Crippen LogP contribution >= 0.6 is 23.2 Å². The summed E-state index contributed by atoms with van der Waals surface area (Å²) in [6, 6.07) is 14.4. The van der Waals surface area contributed by atoms with Crippen molar-refractivity contribution in [2.24, 2.45) is 10.4 Å². The molecule has 3 fully saturated rings. The molecular weight excluding hydrogens is 515 g/mol. The molecule has 1 unspecified atom stereocenters. The van der Waals surface area contributed by atoms with Crippen molar-refractivity contribution in [3.8, 4) is 0 Å². The van der Waals surface area contributed by atoms with E-state index in [0.717, 1.165) is 30.5 Å². The van der Waals surface area contributed by atoms with Gasteiger partial charge in [-0.25, -0.2) is 9.59 Å².